The fourth-order valence-corrected chi connectivity index (χ4v) is 3.83. The summed E-state index contributed by atoms with van der Waals surface area (Å²) in [6.07, 6.45) is 7.38. The average Bonchev–Trinajstić information content (AvgIpc) is 3.19. The van der Waals surface area contributed by atoms with Crippen LogP contribution in [0.5, 0.6) is 0 Å². The van der Waals surface area contributed by atoms with Crippen LogP contribution >= 0.6 is 0 Å². The molecule has 0 saturated heterocycles. The van der Waals surface area contributed by atoms with Gasteiger partial charge < -0.3 is 9.13 Å². The molecule has 0 atom stereocenters. The van der Waals surface area contributed by atoms with Gasteiger partial charge in [-0.25, -0.2) is 18.4 Å². The van der Waals surface area contributed by atoms with E-state index >= 15 is 0 Å². The average molecular weight is 382 g/mol. The SMILES string of the molecule is CCCCn1c(CN(Cc2nccn2C)C(C)C)cnc1S(=O)(=O)CC. The lowest BCUT2D eigenvalue weighted by molar-refractivity contribution is 0.191. The van der Waals surface area contributed by atoms with Crippen LogP contribution in [0.4, 0.5) is 0 Å². The highest BCUT2D eigenvalue weighted by Crippen LogP contribution is 2.18. The number of unbranched alkanes of at least 4 members (excludes halogenated alkanes) is 1. The van der Waals surface area contributed by atoms with Gasteiger partial charge in [-0.15, -0.1) is 0 Å². The molecule has 146 valence electrons. The van der Waals surface area contributed by atoms with Crippen LogP contribution in [0, 0.1) is 0 Å². The van der Waals surface area contributed by atoms with Gasteiger partial charge in [-0.05, 0) is 20.3 Å². The number of nitrogens with zero attached hydrogens (tertiary/aromatic N) is 5. The van der Waals surface area contributed by atoms with E-state index < -0.39 is 9.84 Å². The first-order chi connectivity index (χ1) is 12.3. The zero-order valence-corrected chi connectivity index (χ0v) is 17.3. The Hall–Kier alpha value is -1.67. The number of hydrogen-bond acceptors (Lipinski definition) is 5. The van der Waals surface area contributed by atoms with E-state index in [2.05, 4.69) is 35.6 Å². The van der Waals surface area contributed by atoms with Crippen molar-refractivity contribution in [3.63, 3.8) is 0 Å². The molecular weight excluding hydrogens is 350 g/mol. The summed E-state index contributed by atoms with van der Waals surface area (Å²) >= 11 is 0. The lowest BCUT2D eigenvalue weighted by Crippen LogP contribution is -2.32. The molecule has 0 amide bonds. The quantitative estimate of drug-likeness (QED) is 0.632. The van der Waals surface area contributed by atoms with Gasteiger partial charge >= 0.3 is 0 Å². The molecular formula is C18H31N5O2S. The van der Waals surface area contributed by atoms with Gasteiger partial charge in [0.25, 0.3) is 0 Å². The van der Waals surface area contributed by atoms with Gasteiger partial charge in [0.15, 0.2) is 0 Å². The van der Waals surface area contributed by atoms with Gasteiger partial charge in [-0.1, -0.05) is 20.3 Å². The van der Waals surface area contributed by atoms with Crippen molar-refractivity contribution in [3.8, 4) is 0 Å². The number of hydrogen-bond donors (Lipinski definition) is 0. The maximum atomic E-state index is 12.4. The Kier molecular flexibility index (Phi) is 7.00. The molecule has 2 rings (SSSR count). The van der Waals surface area contributed by atoms with Gasteiger partial charge in [-0.2, -0.15) is 0 Å². The molecule has 0 aliphatic carbocycles. The second kappa shape index (κ2) is 8.81. The van der Waals surface area contributed by atoms with Crippen LogP contribution in [0.1, 0.15) is 52.1 Å². The molecule has 0 aliphatic rings. The van der Waals surface area contributed by atoms with Crippen molar-refractivity contribution in [1.82, 2.24) is 24.0 Å². The summed E-state index contributed by atoms with van der Waals surface area (Å²) in [6.45, 7) is 10.1. The Bertz CT molecular complexity index is 807. The summed E-state index contributed by atoms with van der Waals surface area (Å²) in [5.74, 6) is 1.05. The van der Waals surface area contributed by atoms with E-state index in [1.165, 1.54) is 0 Å². The van der Waals surface area contributed by atoms with Crippen LogP contribution in [0.15, 0.2) is 23.7 Å². The van der Waals surface area contributed by atoms with Crippen molar-refractivity contribution >= 4 is 9.84 Å². The first-order valence-corrected chi connectivity index (χ1v) is 10.9. The third kappa shape index (κ3) is 4.73. The molecule has 0 aromatic carbocycles. The van der Waals surface area contributed by atoms with E-state index in [1.807, 2.05) is 22.4 Å². The predicted molar refractivity (Wildman–Crippen MR) is 102 cm³/mol. The van der Waals surface area contributed by atoms with Crippen molar-refractivity contribution < 1.29 is 8.42 Å². The van der Waals surface area contributed by atoms with Crippen LogP contribution in [-0.2, 0) is 36.5 Å². The smallest absolute Gasteiger partial charge is 0.227 e. The van der Waals surface area contributed by atoms with E-state index in [0.717, 1.165) is 24.4 Å². The normalized spacial score (nSPS) is 12.4. The molecule has 7 nitrogen and oxygen atoms in total. The van der Waals surface area contributed by atoms with Gasteiger partial charge in [0.1, 0.15) is 5.82 Å². The van der Waals surface area contributed by atoms with Crippen LogP contribution in [0.25, 0.3) is 0 Å². The van der Waals surface area contributed by atoms with E-state index in [-0.39, 0.29) is 10.9 Å². The zero-order chi connectivity index (χ0) is 19.3. The van der Waals surface area contributed by atoms with E-state index in [9.17, 15) is 8.42 Å². The molecule has 8 heteroatoms. The molecule has 0 bridgehead atoms. The van der Waals surface area contributed by atoms with Gasteiger partial charge in [0.05, 0.1) is 24.2 Å². The lowest BCUT2D eigenvalue weighted by atomic mass is 10.2. The Morgan fingerprint density at radius 3 is 2.46 bits per heavy atom. The van der Waals surface area contributed by atoms with Crippen molar-refractivity contribution in [2.45, 2.75) is 71.4 Å². The highest BCUT2D eigenvalue weighted by atomic mass is 32.2. The fourth-order valence-electron chi connectivity index (χ4n) is 2.81. The molecule has 26 heavy (non-hydrogen) atoms. The number of sulfone groups is 1. The zero-order valence-electron chi connectivity index (χ0n) is 16.5. The molecule has 2 heterocycles. The van der Waals surface area contributed by atoms with Crippen LogP contribution in [-0.4, -0.2) is 44.2 Å². The second-order valence-corrected chi connectivity index (χ2v) is 9.07. The number of imidazole rings is 2. The summed E-state index contributed by atoms with van der Waals surface area (Å²) in [4.78, 5) is 11.0. The van der Waals surface area contributed by atoms with Crippen LogP contribution in [0.3, 0.4) is 0 Å². The lowest BCUT2D eigenvalue weighted by Gasteiger charge is -2.26. The van der Waals surface area contributed by atoms with Crippen molar-refractivity contribution in [2.75, 3.05) is 5.75 Å². The first kappa shape index (κ1) is 20.6. The monoisotopic (exact) mass is 381 g/mol. The van der Waals surface area contributed by atoms with Crippen molar-refractivity contribution in [1.29, 1.82) is 0 Å². The van der Waals surface area contributed by atoms with Crippen LogP contribution in [0.2, 0.25) is 0 Å². The Morgan fingerprint density at radius 1 is 1.19 bits per heavy atom. The van der Waals surface area contributed by atoms with Gasteiger partial charge in [-0.3, -0.25) is 4.90 Å². The van der Waals surface area contributed by atoms with E-state index in [0.29, 0.717) is 25.7 Å². The van der Waals surface area contributed by atoms with Gasteiger partial charge in [0, 0.05) is 38.6 Å². The van der Waals surface area contributed by atoms with E-state index in [1.54, 1.807) is 19.3 Å². The van der Waals surface area contributed by atoms with Crippen molar-refractivity contribution in [3.05, 3.63) is 30.1 Å². The second-order valence-electron chi connectivity index (χ2n) is 6.89. The van der Waals surface area contributed by atoms with Crippen molar-refractivity contribution in [2.24, 2.45) is 7.05 Å². The summed E-state index contributed by atoms with van der Waals surface area (Å²) in [5.41, 5.74) is 0.938. The molecule has 0 unspecified atom stereocenters. The maximum absolute atomic E-state index is 12.4. The predicted octanol–water partition coefficient (Wildman–Crippen LogP) is 2.62. The maximum Gasteiger partial charge on any atom is 0.227 e. The Labute approximate surface area is 157 Å². The Balaban J connectivity index is 2.31. The number of rotatable bonds is 10. The minimum atomic E-state index is -3.33. The largest absolute Gasteiger partial charge is 0.337 e. The standard InChI is InChI=1S/C18H31N5O2S/c1-6-8-10-23-16(12-20-18(23)26(24,25)7-2)13-22(15(3)4)14-17-19-9-11-21(17)5/h9,11-12,15H,6-8,10,13-14H2,1-5H3. The highest BCUT2D eigenvalue weighted by Gasteiger charge is 2.23. The summed E-state index contributed by atoms with van der Waals surface area (Å²) < 4.78 is 28.7. The summed E-state index contributed by atoms with van der Waals surface area (Å²) in [5, 5.41) is 0.198. The molecule has 2 aromatic heterocycles. The molecule has 0 saturated carbocycles. The third-order valence-electron chi connectivity index (χ3n) is 4.66. The molecule has 0 radical (unpaired) electrons. The third-order valence-corrected chi connectivity index (χ3v) is 6.30. The molecule has 2 aromatic rings. The molecule has 0 spiro atoms. The first-order valence-electron chi connectivity index (χ1n) is 9.27. The minimum Gasteiger partial charge on any atom is -0.337 e. The topological polar surface area (TPSA) is 73.0 Å². The number of aromatic nitrogens is 4. The fraction of sp³-hybridized carbons (Fsp3) is 0.667. The summed E-state index contributed by atoms with van der Waals surface area (Å²) in [7, 11) is -1.35. The Morgan fingerprint density at radius 2 is 1.92 bits per heavy atom. The minimum absolute atomic E-state index is 0.0662. The number of aryl methyl sites for hydroxylation is 1. The highest BCUT2D eigenvalue weighted by molar-refractivity contribution is 7.91. The molecule has 0 fully saturated rings. The van der Waals surface area contributed by atoms with E-state index in [4.69, 9.17) is 0 Å². The van der Waals surface area contributed by atoms with Crippen LogP contribution < -0.4 is 0 Å². The summed E-state index contributed by atoms with van der Waals surface area (Å²) in [6, 6.07) is 0.299. The molecule has 0 N–H and O–H groups in total. The molecule has 0 aliphatic heterocycles. The van der Waals surface area contributed by atoms with Gasteiger partial charge in [0.2, 0.25) is 15.0 Å².